The van der Waals surface area contributed by atoms with Crippen molar-refractivity contribution in [3.8, 4) is 10.0 Å². The number of carbonyl (C=O) groups is 12. The summed E-state index contributed by atoms with van der Waals surface area (Å²) in [5.41, 5.74) is 9.76. The minimum absolute atomic E-state index is 0.0292. The number of ketones is 2. The molecular weight excluding hydrogens is 1500 g/mol. The smallest absolute Gasteiger partial charge is 0.306 e. The number of unbranched alkanes of at least 4 members (excludes halogenated alkanes) is 5. The molecule has 4 N–H and O–H groups in total. The van der Waals surface area contributed by atoms with Gasteiger partial charge in [0.1, 0.15) is 57.4 Å². The molecule has 0 saturated carbocycles. The number of aromatic nitrogens is 6. The first kappa shape index (κ1) is 79.9. The number of imide groups is 4. The minimum Gasteiger partial charge on any atom is -0.481 e. The average molecular weight is 1580 g/mol. The van der Waals surface area contributed by atoms with Gasteiger partial charge in [0.05, 0.1) is 46.5 Å². The average Bonchev–Trinajstić information content (AvgIpc) is 1.61. The number of hydrogen-bond acceptors (Lipinski definition) is 20. The molecule has 0 aliphatic carbocycles. The van der Waals surface area contributed by atoms with E-state index in [0.717, 1.165) is 113 Å². The van der Waals surface area contributed by atoms with Gasteiger partial charge in [0.15, 0.2) is 11.6 Å². The van der Waals surface area contributed by atoms with Crippen molar-refractivity contribution in [2.45, 2.75) is 195 Å². The van der Waals surface area contributed by atoms with E-state index in [2.05, 4.69) is 71.0 Å². The van der Waals surface area contributed by atoms with E-state index in [0.29, 0.717) is 77.9 Å². The van der Waals surface area contributed by atoms with Crippen LogP contribution in [0.1, 0.15) is 247 Å². The SMILES string of the molecule is CCCCCCC(=O)CCc1cccc2c1C(=O)N(C1CCC(=O)NC1=O)C2=O.Cc1sc2c(c1C)C(c1ccc(Cl)cc1)=N[C@@H](CC(=O)NCCCCCC(=O)CCc1cccc3c1C(=O)N(C1CCC(=O)NC1=O)C3=O)c1nnc(C)n1-2.Cc1sc2c(c1C)C(c1ccc(Cl)cc1)=N[C@@H](CC(=O)O)c1nnc(C)n1-2. The lowest BCUT2D eigenvalue weighted by Gasteiger charge is -2.27. The van der Waals surface area contributed by atoms with Crippen LogP contribution in [0.2, 0.25) is 10.0 Å². The molecule has 8 aromatic rings. The second-order valence-electron chi connectivity index (χ2n) is 28.2. The van der Waals surface area contributed by atoms with E-state index >= 15 is 0 Å². The molecule has 2 saturated heterocycles. The van der Waals surface area contributed by atoms with Crippen molar-refractivity contribution >= 4 is 128 Å². The summed E-state index contributed by atoms with van der Waals surface area (Å²) in [5, 5.41) is 37.3. The highest BCUT2D eigenvalue weighted by Crippen LogP contribution is 2.43. The quantitative estimate of drug-likeness (QED) is 0.0305. The molecule has 6 aliphatic rings. The Morgan fingerprint density at radius 1 is 0.514 bits per heavy atom. The summed E-state index contributed by atoms with van der Waals surface area (Å²) in [6.07, 6.45) is 8.54. The molecule has 14 rings (SSSR count). The fourth-order valence-corrected chi connectivity index (χ4v) is 17.3. The highest BCUT2D eigenvalue weighted by Gasteiger charge is 2.48. The van der Waals surface area contributed by atoms with Crippen LogP contribution in [0.5, 0.6) is 0 Å². The number of fused-ring (bicyclic) bond motifs is 8. The maximum absolute atomic E-state index is 13.4. The molecule has 0 bridgehead atoms. The molecule has 111 heavy (non-hydrogen) atoms. The zero-order valence-electron chi connectivity index (χ0n) is 62.4. The van der Waals surface area contributed by atoms with Gasteiger partial charge in [-0.25, -0.2) is 0 Å². The number of rotatable bonds is 25. The van der Waals surface area contributed by atoms with Crippen LogP contribution >= 0.6 is 45.9 Å². The van der Waals surface area contributed by atoms with E-state index in [1.807, 2.05) is 71.5 Å². The van der Waals surface area contributed by atoms with Gasteiger partial charge in [-0.3, -0.25) is 97.1 Å². The Morgan fingerprint density at radius 3 is 1.35 bits per heavy atom. The van der Waals surface area contributed by atoms with E-state index in [9.17, 15) is 62.6 Å². The monoisotopic (exact) mass is 1580 g/mol. The summed E-state index contributed by atoms with van der Waals surface area (Å²) in [6, 6.07) is 21.7. The summed E-state index contributed by atoms with van der Waals surface area (Å²) >= 11 is 15.6. The molecule has 30 heteroatoms. The van der Waals surface area contributed by atoms with Crippen LogP contribution in [0.4, 0.5) is 0 Å². The lowest BCUT2D eigenvalue weighted by atomic mass is 9.97. The number of carboxylic acids is 1. The highest BCUT2D eigenvalue weighted by molar-refractivity contribution is 7.15. The van der Waals surface area contributed by atoms with Crippen molar-refractivity contribution in [1.29, 1.82) is 0 Å². The number of benzene rings is 4. The fraction of sp³-hybridized carbons (Fsp3) is 0.383. The van der Waals surface area contributed by atoms with Crippen LogP contribution in [-0.2, 0) is 51.2 Å². The van der Waals surface area contributed by atoms with Crippen LogP contribution in [0.15, 0.2) is 94.9 Å². The Hall–Kier alpha value is -10.7. The molecular formula is C81H83Cl2N13O13S2. The molecule has 4 aromatic carbocycles. The van der Waals surface area contributed by atoms with Crippen LogP contribution in [0, 0.1) is 41.5 Å². The molecule has 6 aliphatic heterocycles. The third-order valence-corrected chi connectivity index (χ3v) is 23.6. The van der Waals surface area contributed by atoms with Crippen molar-refractivity contribution in [2.24, 2.45) is 9.98 Å². The van der Waals surface area contributed by atoms with E-state index in [1.54, 1.807) is 59.1 Å². The number of aliphatic carboxylic acids is 1. The van der Waals surface area contributed by atoms with Crippen molar-refractivity contribution in [1.82, 2.24) is 55.3 Å². The van der Waals surface area contributed by atoms with Crippen molar-refractivity contribution in [3.05, 3.63) is 195 Å². The number of carboxylic acid groups (broad SMARTS) is 1. The molecule has 2 unspecified atom stereocenters. The Morgan fingerprint density at radius 2 is 0.937 bits per heavy atom. The van der Waals surface area contributed by atoms with Gasteiger partial charge in [-0.05, 0) is 145 Å². The minimum atomic E-state index is -1.04. The van der Waals surface area contributed by atoms with Crippen LogP contribution in [0.3, 0.4) is 0 Å². The Kier molecular flexibility index (Phi) is 25.0. The zero-order valence-corrected chi connectivity index (χ0v) is 65.6. The van der Waals surface area contributed by atoms with Gasteiger partial charge in [0, 0.05) is 87.1 Å². The van der Waals surface area contributed by atoms with Gasteiger partial charge in [-0.2, -0.15) is 0 Å². The molecule has 4 atom stereocenters. The number of aryl methyl sites for hydroxylation is 6. The summed E-state index contributed by atoms with van der Waals surface area (Å²) in [5.74, 6) is -2.62. The number of nitrogens with zero attached hydrogens (tertiary/aromatic N) is 10. The zero-order chi connectivity index (χ0) is 79.2. The van der Waals surface area contributed by atoms with E-state index in [-0.39, 0.29) is 91.1 Å². The number of amides is 9. The normalized spacial score (nSPS) is 17.5. The number of carbonyl (C=O) groups excluding carboxylic acids is 11. The Labute approximate surface area is 657 Å². The van der Waals surface area contributed by atoms with E-state index in [4.69, 9.17) is 33.2 Å². The molecule has 10 heterocycles. The number of Topliss-reactive ketones (excluding diaryl/α,β-unsaturated/α-hetero) is 2. The van der Waals surface area contributed by atoms with Crippen LogP contribution in [0.25, 0.3) is 10.0 Å². The predicted molar refractivity (Wildman–Crippen MR) is 417 cm³/mol. The highest BCUT2D eigenvalue weighted by atomic mass is 35.5. The molecule has 2 fully saturated rings. The number of nitrogens with one attached hydrogen (secondary N) is 3. The molecule has 576 valence electrons. The lowest BCUT2D eigenvalue weighted by molar-refractivity contribution is -0.138. The number of halogens is 2. The van der Waals surface area contributed by atoms with E-state index < -0.39 is 77.4 Å². The van der Waals surface area contributed by atoms with Gasteiger partial charge in [-0.15, -0.1) is 43.1 Å². The lowest BCUT2D eigenvalue weighted by Crippen LogP contribution is -2.54. The summed E-state index contributed by atoms with van der Waals surface area (Å²) in [4.78, 5) is 164. The van der Waals surface area contributed by atoms with Crippen LogP contribution < -0.4 is 16.0 Å². The fourth-order valence-electron chi connectivity index (χ4n) is 14.7. The second kappa shape index (κ2) is 34.7. The van der Waals surface area contributed by atoms with Gasteiger partial charge in [0.25, 0.3) is 23.6 Å². The third-order valence-electron chi connectivity index (χ3n) is 20.7. The Balaban J connectivity index is 0.000000171. The van der Waals surface area contributed by atoms with Gasteiger partial charge >= 0.3 is 5.97 Å². The number of hydrogen-bond donors (Lipinski definition) is 4. The third kappa shape index (κ3) is 17.1. The number of aliphatic imine (C=N–C) groups is 2. The summed E-state index contributed by atoms with van der Waals surface area (Å²) < 4.78 is 3.96. The topological polar surface area (TPSA) is 354 Å². The molecule has 0 spiro atoms. The first-order valence-electron chi connectivity index (χ1n) is 37.1. The predicted octanol–water partition coefficient (Wildman–Crippen LogP) is 12.3. The molecule has 4 aromatic heterocycles. The molecule has 9 amide bonds. The van der Waals surface area contributed by atoms with Gasteiger partial charge in [0.2, 0.25) is 29.5 Å². The molecule has 26 nitrogen and oxygen atoms in total. The summed E-state index contributed by atoms with van der Waals surface area (Å²) in [7, 11) is 0. The maximum Gasteiger partial charge on any atom is 0.306 e. The number of thiophene rings is 2. The summed E-state index contributed by atoms with van der Waals surface area (Å²) in [6.45, 7) is 14.6. The van der Waals surface area contributed by atoms with E-state index in [1.165, 1.54) is 4.88 Å². The van der Waals surface area contributed by atoms with Crippen molar-refractivity contribution in [2.75, 3.05) is 6.54 Å². The first-order chi connectivity index (χ1) is 53.2. The number of piperidine rings is 2. The van der Waals surface area contributed by atoms with Crippen molar-refractivity contribution in [3.63, 3.8) is 0 Å². The van der Waals surface area contributed by atoms with Crippen molar-refractivity contribution < 1.29 is 62.6 Å². The first-order valence-corrected chi connectivity index (χ1v) is 39.5. The largest absolute Gasteiger partial charge is 0.481 e. The molecule has 0 radical (unpaired) electrons. The second-order valence-corrected chi connectivity index (χ2v) is 31.5. The Bertz CT molecular complexity index is 5170. The van der Waals surface area contributed by atoms with Gasteiger partial charge < -0.3 is 10.4 Å². The maximum atomic E-state index is 13.4. The standard InChI is InChI=1S/C40H40ClN7O6S.C22H26N2O5.C19H17ClN4O2S/c1-21-22(2)55-40-33(21)35(25-11-14-26(41)15-12-25)43-29(36-46-45-23(3)47(36)40)20-32(51)42-19-6-4-5-9-27(49)16-13-24-8-7-10-28-34(24)39(54)48(38(28)53)30-17-18-31(50)44-37(30)52;1-2-3-4-5-8-15(25)11-10-14-7-6-9-16-19(14)22(29)24(21(16)28)17-12-13-18(26)23-20(17)27;1-9-10(2)27-19-16(9)17(12-4-6-13(20)7-5-12)21-14(8-15(25)26)18-23-22-11(3)24(18)19/h7-8,10-12,14-15,29-30H,4-6,9,13,16-20H2,1-3H3,(H,42,51)(H,44,50,52);6-7,9,17H,2-5,8,10-13H2,1H3,(H,23,26,27);4-7,14H,8H2,1-3H3,(H,25,26)/t29-,30?;;14-/m0.0/s1. The van der Waals surface area contributed by atoms with Crippen LogP contribution in [-0.4, -0.2) is 145 Å². The van der Waals surface area contributed by atoms with Gasteiger partial charge in [-0.1, -0.05) is 104 Å².